The molecule has 0 bridgehead atoms. The summed E-state index contributed by atoms with van der Waals surface area (Å²) in [5, 5.41) is 0. The van der Waals surface area contributed by atoms with Crippen molar-refractivity contribution < 1.29 is 11.5 Å². The SMILES string of the molecule is CO[As](C)(C)(O)OC. The minimum atomic E-state index is -3.58. The molecule has 0 aromatic carbocycles. The van der Waals surface area contributed by atoms with Crippen molar-refractivity contribution in [3.8, 4) is 0 Å². The van der Waals surface area contributed by atoms with Crippen molar-refractivity contribution in [2.24, 2.45) is 0 Å². The normalized spacial score (nSPS) is 17.4. The number of hydrogen-bond donors (Lipinski definition) is 1. The molecule has 8 heavy (non-hydrogen) atoms. The zero-order valence-corrected chi connectivity index (χ0v) is 7.59. The first-order valence-corrected chi connectivity index (χ1v) is 8.40. The van der Waals surface area contributed by atoms with Crippen molar-refractivity contribution in [3.05, 3.63) is 0 Å². The third kappa shape index (κ3) is 2.67. The Morgan fingerprint density at radius 3 is 1.38 bits per heavy atom. The van der Waals surface area contributed by atoms with Gasteiger partial charge in [0.25, 0.3) is 0 Å². The summed E-state index contributed by atoms with van der Waals surface area (Å²) in [4.78, 5) is 0. The van der Waals surface area contributed by atoms with Crippen molar-refractivity contribution in [2.45, 2.75) is 11.4 Å². The van der Waals surface area contributed by atoms with E-state index in [1.807, 2.05) is 0 Å². The van der Waals surface area contributed by atoms with Crippen molar-refractivity contribution in [1.29, 1.82) is 0 Å². The van der Waals surface area contributed by atoms with Crippen LogP contribution in [0.3, 0.4) is 0 Å². The van der Waals surface area contributed by atoms with Gasteiger partial charge in [0.15, 0.2) is 0 Å². The van der Waals surface area contributed by atoms with Crippen molar-refractivity contribution >= 4 is 13.5 Å². The minimum absolute atomic E-state index is 1.45. The maximum absolute atomic E-state index is 9.33. The van der Waals surface area contributed by atoms with E-state index in [0.717, 1.165) is 0 Å². The zero-order chi connectivity index (χ0) is 6.86. The van der Waals surface area contributed by atoms with Gasteiger partial charge in [-0.3, -0.25) is 0 Å². The van der Waals surface area contributed by atoms with Crippen LogP contribution in [0.2, 0.25) is 11.4 Å². The van der Waals surface area contributed by atoms with Gasteiger partial charge in [0.05, 0.1) is 0 Å². The first-order valence-electron chi connectivity index (χ1n) is 2.28. The Balaban J connectivity index is 3.99. The van der Waals surface area contributed by atoms with Crippen LogP contribution in [-0.4, -0.2) is 31.8 Å². The average molecular weight is 184 g/mol. The van der Waals surface area contributed by atoms with Crippen molar-refractivity contribution in [2.75, 3.05) is 14.2 Å². The number of hydrogen-bond acceptors (Lipinski definition) is 3. The molecule has 0 atom stereocenters. The van der Waals surface area contributed by atoms with E-state index < -0.39 is 13.5 Å². The molecular formula is C4H13AsO3. The Morgan fingerprint density at radius 2 is 1.38 bits per heavy atom. The molecule has 0 spiro atoms. The molecule has 0 saturated heterocycles. The molecular weight excluding hydrogens is 171 g/mol. The number of rotatable bonds is 2. The Morgan fingerprint density at radius 1 is 1.12 bits per heavy atom. The molecule has 0 fully saturated rings. The predicted octanol–water partition coefficient (Wildman–Crippen LogP) is 0.424. The van der Waals surface area contributed by atoms with Gasteiger partial charge in [0.1, 0.15) is 0 Å². The fraction of sp³-hybridized carbons (Fsp3) is 1.00. The molecule has 52 valence electrons. The van der Waals surface area contributed by atoms with Crippen molar-refractivity contribution in [3.63, 3.8) is 0 Å². The van der Waals surface area contributed by atoms with Crippen LogP contribution in [0.5, 0.6) is 0 Å². The Kier molecular flexibility index (Phi) is 2.10. The van der Waals surface area contributed by atoms with Gasteiger partial charge >= 0.3 is 50.7 Å². The zero-order valence-electron chi connectivity index (χ0n) is 5.71. The second-order valence-corrected chi connectivity index (χ2v) is 11.3. The summed E-state index contributed by atoms with van der Waals surface area (Å²) in [5.41, 5.74) is 3.22. The quantitative estimate of drug-likeness (QED) is 0.632. The van der Waals surface area contributed by atoms with E-state index in [1.54, 1.807) is 11.4 Å². The summed E-state index contributed by atoms with van der Waals surface area (Å²) >= 11 is -3.58. The average Bonchev–Trinajstić information content (AvgIpc) is 1.68. The fourth-order valence-corrected chi connectivity index (χ4v) is 0.387. The monoisotopic (exact) mass is 184 g/mol. The summed E-state index contributed by atoms with van der Waals surface area (Å²) in [7, 11) is 2.91. The molecule has 0 aliphatic heterocycles. The predicted molar refractivity (Wildman–Crippen MR) is 33.7 cm³/mol. The van der Waals surface area contributed by atoms with Gasteiger partial charge in [-0.25, -0.2) is 0 Å². The molecule has 0 heterocycles. The fourth-order valence-electron chi connectivity index (χ4n) is 0.0745. The second-order valence-electron chi connectivity index (χ2n) is 2.18. The third-order valence-corrected chi connectivity index (χ3v) is 5.42. The first kappa shape index (κ1) is 8.44. The molecule has 0 amide bonds. The molecule has 3 nitrogen and oxygen atoms in total. The Labute approximate surface area is 51.3 Å². The molecule has 0 radical (unpaired) electrons. The van der Waals surface area contributed by atoms with E-state index >= 15 is 0 Å². The summed E-state index contributed by atoms with van der Waals surface area (Å²) in [5.74, 6) is 0. The van der Waals surface area contributed by atoms with Crippen LogP contribution in [0.1, 0.15) is 0 Å². The standard InChI is InChI=1S/C4H13AsO3/c1-5(2,6,7-3)8-4/h6H,1-4H3. The molecule has 0 aliphatic rings. The van der Waals surface area contributed by atoms with Gasteiger partial charge in [-0.2, -0.15) is 0 Å². The third-order valence-electron chi connectivity index (χ3n) is 1.04. The Bertz CT molecular complexity index is 75.0. The molecule has 0 aromatic heterocycles. The van der Waals surface area contributed by atoms with Gasteiger partial charge in [0.2, 0.25) is 0 Å². The van der Waals surface area contributed by atoms with Gasteiger partial charge in [-0.15, -0.1) is 0 Å². The summed E-state index contributed by atoms with van der Waals surface area (Å²) in [6.45, 7) is 0. The van der Waals surface area contributed by atoms with Crippen molar-refractivity contribution in [1.82, 2.24) is 0 Å². The summed E-state index contributed by atoms with van der Waals surface area (Å²) < 4.78 is 18.9. The molecule has 0 saturated carbocycles. The summed E-state index contributed by atoms with van der Waals surface area (Å²) in [6, 6.07) is 0. The molecule has 0 aromatic rings. The van der Waals surface area contributed by atoms with Crippen LogP contribution in [0.4, 0.5) is 0 Å². The maximum atomic E-state index is 9.33. The molecule has 0 aliphatic carbocycles. The van der Waals surface area contributed by atoms with Crippen LogP contribution in [0.25, 0.3) is 0 Å². The van der Waals surface area contributed by atoms with Crippen LogP contribution >= 0.6 is 0 Å². The van der Waals surface area contributed by atoms with E-state index in [0.29, 0.717) is 0 Å². The van der Waals surface area contributed by atoms with Gasteiger partial charge < -0.3 is 0 Å². The van der Waals surface area contributed by atoms with E-state index in [-0.39, 0.29) is 0 Å². The molecule has 0 unspecified atom stereocenters. The van der Waals surface area contributed by atoms with E-state index in [9.17, 15) is 4.10 Å². The van der Waals surface area contributed by atoms with E-state index in [1.165, 1.54) is 14.2 Å². The van der Waals surface area contributed by atoms with Gasteiger partial charge in [-0.1, -0.05) is 0 Å². The van der Waals surface area contributed by atoms with E-state index in [4.69, 9.17) is 7.45 Å². The van der Waals surface area contributed by atoms with Crippen LogP contribution in [0.15, 0.2) is 0 Å². The first-order chi connectivity index (χ1) is 3.39. The van der Waals surface area contributed by atoms with Gasteiger partial charge in [0, 0.05) is 0 Å². The second kappa shape index (κ2) is 1.99. The Hall–Kier alpha value is 0.438. The van der Waals surface area contributed by atoms with Crippen LogP contribution in [0, 0.1) is 0 Å². The molecule has 1 N–H and O–H groups in total. The molecule has 4 heteroatoms. The van der Waals surface area contributed by atoms with E-state index in [2.05, 4.69) is 0 Å². The van der Waals surface area contributed by atoms with Gasteiger partial charge in [-0.05, 0) is 0 Å². The molecule has 0 rings (SSSR count). The summed E-state index contributed by atoms with van der Waals surface area (Å²) in [6.07, 6.45) is 0. The topological polar surface area (TPSA) is 38.7 Å². The van der Waals surface area contributed by atoms with Crippen LogP contribution in [-0.2, 0) is 7.45 Å². The van der Waals surface area contributed by atoms with Crippen LogP contribution < -0.4 is 0 Å².